The van der Waals surface area contributed by atoms with Crippen molar-refractivity contribution in [2.24, 2.45) is 0 Å². The minimum atomic E-state index is 0.201. The lowest BCUT2D eigenvalue weighted by Gasteiger charge is -2.04. The van der Waals surface area contributed by atoms with Crippen LogP contribution in [0.2, 0.25) is 0 Å². The normalized spacial score (nSPS) is 14.6. The summed E-state index contributed by atoms with van der Waals surface area (Å²) in [6, 6.07) is 5.93. The maximum absolute atomic E-state index is 5.74. The van der Waals surface area contributed by atoms with E-state index in [9.17, 15) is 0 Å². The Hall–Kier alpha value is -1.16. The first kappa shape index (κ1) is 7.49. The van der Waals surface area contributed by atoms with E-state index >= 15 is 0 Å². The smallest absolute Gasteiger partial charge is 0.418 e. The summed E-state index contributed by atoms with van der Waals surface area (Å²) in [5, 5.41) is 3.18. The molecule has 4 heteroatoms. The van der Waals surface area contributed by atoms with Crippen molar-refractivity contribution in [1.29, 1.82) is 0 Å². The zero-order valence-electron chi connectivity index (χ0n) is 7.00. The van der Waals surface area contributed by atoms with Gasteiger partial charge in [-0.3, -0.25) is 0 Å². The van der Waals surface area contributed by atoms with E-state index < -0.39 is 0 Å². The maximum atomic E-state index is 5.74. The van der Waals surface area contributed by atoms with E-state index in [2.05, 4.69) is 5.23 Å². The highest BCUT2D eigenvalue weighted by Crippen LogP contribution is 2.18. The van der Waals surface area contributed by atoms with Gasteiger partial charge >= 0.3 is 7.05 Å². The Balaban J connectivity index is 2.15. The first-order chi connectivity index (χ1) is 5.75. The van der Waals surface area contributed by atoms with E-state index in [1.807, 2.05) is 25.1 Å². The molecule has 1 aromatic carbocycles. The molecule has 1 aromatic rings. The monoisotopic (exact) mass is 162 g/mol. The van der Waals surface area contributed by atoms with Gasteiger partial charge in [0.1, 0.15) is 0 Å². The van der Waals surface area contributed by atoms with Crippen LogP contribution in [0.1, 0.15) is 5.56 Å². The van der Waals surface area contributed by atoms with Crippen LogP contribution in [0.5, 0.6) is 0 Å². The molecule has 0 amide bonds. The SMILES string of the molecule is Cc1ccc(NB2CO2)cc1N. The summed E-state index contributed by atoms with van der Waals surface area (Å²) in [4.78, 5) is 0. The highest BCUT2D eigenvalue weighted by molar-refractivity contribution is 6.63. The lowest BCUT2D eigenvalue weighted by atomic mass is 9.96. The molecule has 0 saturated carbocycles. The van der Waals surface area contributed by atoms with Crippen LogP contribution in [-0.2, 0) is 4.65 Å². The van der Waals surface area contributed by atoms with E-state index in [0.717, 1.165) is 23.4 Å². The predicted molar refractivity (Wildman–Crippen MR) is 50.9 cm³/mol. The molecule has 12 heavy (non-hydrogen) atoms. The molecule has 0 unspecified atom stereocenters. The van der Waals surface area contributed by atoms with Crippen molar-refractivity contribution in [2.75, 3.05) is 17.5 Å². The summed E-state index contributed by atoms with van der Waals surface area (Å²) >= 11 is 0. The second kappa shape index (κ2) is 2.71. The van der Waals surface area contributed by atoms with Gasteiger partial charge in [-0.25, -0.2) is 0 Å². The molecule has 1 aliphatic heterocycles. The second-order valence-electron chi connectivity index (χ2n) is 3.04. The third-order valence-electron chi connectivity index (χ3n) is 1.94. The quantitative estimate of drug-likeness (QED) is 0.388. The second-order valence-corrected chi connectivity index (χ2v) is 3.04. The van der Waals surface area contributed by atoms with Crippen molar-refractivity contribution in [3.8, 4) is 0 Å². The van der Waals surface area contributed by atoms with Gasteiger partial charge in [0.15, 0.2) is 0 Å². The van der Waals surface area contributed by atoms with E-state index in [0.29, 0.717) is 0 Å². The summed E-state index contributed by atoms with van der Waals surface area (Å²) < 4.78 is 5.03. The van der Waals surface area contributed by atoms with Crippen LogP contribution in [0.25, 0.3) is 0 Å². The van der Waals surface area contributed by atoms with Crippen LogP contribution in [-0.4, -0.2) is 13.6 Å². The topological polar surface area (TPSA) is 50.6 Å². The molecule has 2 rings (SSSR count). The third kappa shape index (κ3) is 1.53. The Labute approximate surface area is 72.0 Å². The Kier molecular flexibility index (Phi) is 1.69. The van der Waals surface area contributed by atoms with E-state index in [-0.39, 0.29) is 7.05 Å². The number of nitrogens with two attached hydrogens (primary N) is 1. The van der Waals surface area contributed by atoms with Gasteiger partial charge < -0.3 is 15.6 Å². The van der Waals surface area contributed by atoms with Crippen molar-refractivity contribution in [2.45, 2.75) is 6.92 Å². The summed E-state index contributed by atoms with van der Waals surface area (Å²) in [5.41, 5.74) is 8.69. The minimum absolute atomic E-state index is 0.201. The number of hydrogen-bond acceptors (Lipinski definition) is 3. The average Bonchev–Trinajstić information content (AvgIpc) is 2.81. The van der Waals surface area contributed by atoms with Gasteiger partial charge in [-0.05, 0) is 24.6 Å². The van der Waals surface area contributed by atoms with Crippen molar-refractivity contribution < 1.29 is 4.65 Å². The van der Waals surface area contributed by atoms with Gasteiger partial charge in [-0.2, -0.15) is 0 Å². The highest BCUT2D eigenvalue weighted by Gasteiger charge is 2.30. The summed E-state index contributed by atoms with van der Waals surface area (Å²) in [6.45, 7) is 2.79. The number of nitrogens with one attached hydrogen (secondary N) is 1. The lowest BCUT2D eigenvalue weighted by molar-refractivity contribution is 0.560. The fourth-order valence-electron chi connectivity index (χ4n) is 1.05. The van der Waals surface area contributed by atoms with E-state index in [4.69, 9.17) is 10.4 Å². The molecule has 1 saturated heterocycles. The number of nitrogen functional groups attached to an aromatic ring is 1. The van der Waals surface area contributed by atoms with Crippen molar-refractivity contribution in [3.05, 3.63) is 23.8 Å². The molecule has 1 aliphatic rings. The van der Waals surface area contributed by atoms with Gasteiger partial charge in [-0.1, -0.05) is 6.07 Å². The Bertz CT molecular complexity index is 299. The predicted octanol–water partition coefficient (Wildman–Crippen LogP) is 1.05. The summed E-state index contributed by atoms with van der Waals surface area (Å²) in [7, 11) is 0.201. The van der Waals surface area contributed by atoms with Gasteiger partial charge in [-0.15, -0.1) is 0 Å². The van der Waals surface area contributed by atoms with Crippen LogP contribution in [0, 0.1) is 6.92 Å². The first-order valence-corrected chi connectivity index (χ1v) is 4.00. The Morgan fingerprint density at radius 2 is 2.33 bits per heavy atom. The molecule has 0 atom stereocenters. The highest BCUT2D eigenvalue weighted by atomic mass is 16.5. The van der Waals surface area contributed by atoms with Crippen LogP contribution in [0.3, 0.4) is 0 Å². The Morgan fingerprint density at radius 3 is 2.92 bits per heavy atom. The molecule has 0 aliphatic carbocycles. The average molecular weight is 162 g/mol. The molecule has 0 aromatic heterocycles. The molecule has 3 nitrogen and oxygen atoms in total. The zero-order chi connectivity index (χ0) is 8.55. The maximum Gasteiger partial charge on any atom is 0.438 e. The molecular formula is C8H11BN2O. The number of aryl methyl sites for hydroxylation is 1. The molecule has 62 valence electrons. The Morgan fingerprint density at radius 1 is 1.58 bits per heavy atom. The number of hydrogen-bond donors (Lipinski definition) is 2. The van der Waals surface area contributed by atoms with Crippen LogP contribution in [0.4, 0.5) is 11.4 Å². The molecule has 1 heterocycles. The molecule has 0 spiro atoms. The standard InChI is InChI=1S/C8H11BN2O/c1-6-2-3-7(4-8(6)10)11-9-5-12-9/h2-4,11H,5,10H2,1H3. The van der Waals surface area contributed by atoms with Gasteiger partial charge in [0.05, 0.1) is 6.51 Å². The van der Waals surface area contributed by atoms with Crippen LogP contribution in [0.15, 0.2) is 18.2 Å². The van der Waals surface area contributed by atoms with Crippen molar-refractivity contribution in [1.82, 2.24) is 0 Å². The van der Waals surface area contributed by atoms with Crippen molar-refractivity contribution >= 4 is 18.4 Å². The van der Waals surface area contributed by atoms with Crippen molar-refractivity contribution in [3.63, 3.8) is 0 Å². The molecular weight excluding hydrogens is 151 g/mol. The fourth-order valence-corrected chi connectivity index (χ4v) is 1.05. The van der Waals surface area contributed by atoms with Gasteiger partial charge in [0, 0.05) is 11.4 Å². The fraction of sp³-hybridized carbons (Fsp3) is 0.250. The molecule has 0 radical (unpaired) electrons. The van der Waals surface area contributed by atoms with Crippen LogP contribution >= 0.6 is 0 Å². The molecule has 3 N–H and O–H groups in total. The molecule has 0 bridgehead atoms. The molecule has 1 fully saturated rings. The first-order valence-electron chi connectivity index (χ1n) is 4.00. The minimum Gasteiger partial charge on any atom is -0.418 e. The number of rotatable bonds is 2. The largest absolute Gasteiger partial charge is 0.438 e. The van der Waals surface area contributed by atoms with Gasteiger partial charge in [0.2, 0.25) is 0 Å². The van der Waals surface area contributed by atoms with Crippen LogP contribution < -0.4 is 11.0 Å². The summed E-state index contributed by atoms with van der Waals surface area (Å²) in [6.07, 6.45) is 0. The lowest BCUT2D eigenvalue weighted by Crippen LogP contribution is -2.08. The van der Waals surface area contributed by atoms with E-state index in [1.165, 1.54) is 0 Å². The number of benzene rings is 1. The zero-order valence-corrected chi connectivity index (χ0v) is 7.00. The van der Waals surface area contributed by atoms with Gasteiger partial charge in [0.25, 0.3) is 0 Å². The third-order valence-corrected chi connectivity index (χ3v) is 1.94. The summed E-state index contributed by atoms with van der Waals surface area (Å²) in [5.74, 6) is 0. The van der Waals surface area contributed by atoms with E-state index in [1.54, 1.807) is 0 Å². The number of anilines is 2.